The third kappa shape index (κ3) is 3.15. The molecule has 1 aromatic carbocycles. The van der Waals surface area contributed by atoms with Gasteiger partial charge in [-0.15, -0.1) is 0 Å². The van der Waals surface area contributed by atoms with Crippen molar-refractivity contribution in [3.63, 3.8) is 0 Å². The fraction of sp³-hybridized carbons (Fsp3) is 0.533. The summed E-state index contributed by atoms with van der Waals surface area (Å²) in [7, 11) is 0. The van der Waals surface area contributed by atoms with Gasteiger partial charge in [0.25, 0.3) is 0 Å². The van der Waals surface area contributed by atoms with Gasteiger partial charge in [-0.3, -0.25) is 4.90 Å². The summed E-state index contributed by atoms with van der Waals surface area (Å²) in [5, 5.41) is 0.780. The molecule has 110 valence electrons. The van der Waals surface area contributed by atoms with E-state index in [1.165, 1.54) is 0 Å². The van der Waals surface area contributed by atoms with Crippen LogP contribution in [0.2, 0.25) is 0 Å². The maximum absolute atomic E-state index is 12.1. The maximum atomic E-state index is 12.1. The zero-order valence-corrected chi connectivity index (χ0v) is 13.4. The fourth-order valence-electron chi connectivity index (χ4n) is 2.54. The molecule has 1 aromatic rings. The number of halogens is 1. The minimum atomic E-state index is -0.301. The Morgan fingerprint density at radius 3 is 2.70 bits per heavy atom. The molecule has 0 spiro atoms. The summed E-state index contributed by atoms with van der Waals surface area (Å²) in [5.41, 5.74) is 1.09. The van der Waals surface area contributed by atoms with E-state index < -0.39 is 0 Å². The predicted molar refractivity (Wildman–Crippen MR) is 80.8 cm³/mol. The molecule has 1 heterocycles. The van der Waals surface area contributed by atoms with Crippen molar-refractivity contribution in [2.75, 3.05) is 11.9 Å². The second kappa shape index (κ2) is 7.09. The highest BCUT2D eigenvalue weighted by atomic mass is 79.9. The molecule has 2 rings (SSSR count). The van der Waals surface area contributed by atoms with Crippen LogP contribution < -0.4 is 0 Å². The Bertz CT molecular complexity index is 440. The molecule has 0 aromatic heterocycles. The van der Waals surface area contributed by atoms with Gasteiger partial charge in [0.15, 0.2) is 0 Å². The Morgan fingerprint density at radius 2 is 2.10 bits per heavy atom. The Hall–Kier alpha value is -1.07. The monoisotopic (exact) mass is 341 g/mol. The van der Waals surface area contributed by atoms with E-state index in [1.807, 2.05) is 44.2 Å². The number of hydrogen-bond acceptors (Lipinski definition) is 3. The van der Waals surface area contributed by atoms with E-state index in [9.17, 15) is 4.79 Å². The summed E-state index contributed by atoms with van der Waals surface area (Å²) in [6.07, 6.45) is 0.0922. The second-order valence-electron chi connectivity index (χ2n) is 4.75. The van der Waals surface area contributed by atoms with Gasteiger partial charge in [-0.2, -0.15) is 0 Å². The van der Waals surface area contributed by atoms with Crippen molar-refractivity contribution in [2.24, 2.45) is 0 Å². The average Bonchev–Trinajstić information content (AvgIpc) is 2.77. The van der Waals surface area contributed by atoms with Crippen LogP contribution in [0.15, 0.2) is 30.3 Å². The number of carbonyl (C=O) groups excluding carboxylic acids is 1. The molecule has 0 bridgehead atoms. The summed E-state index contributed by atoms with van der Waals surface area (Å²) in [6, 6.07) is 9.96. The van der Waals surface area contributed by atoms with Crippen LogP contribution in [0.25, 0.3) is 0 Å². The minimum absolute atomic E-state index is 0.0412. The normalized spacial score (nSPS) is 25.8. The van der Waals surface area contributed by atoms with E-state index in [-0.39, 0.29) is 24.5 Å². The van der Waals surface area contributed by atoms with E-state index in [4.69, 9.17) is 9.47 Å². The lowest BCUT2D eigenvalue weighted by molar-refractivity contribution is -0.00242. The molecule has 3 atom stereocenters. The van der Waals surface area contributed by atoms with Crippen molar-refractivity contribution >= 4 is 22.0 Å². The first-order valence-electron chi connectivity index (χ1n) is 6.90. The highest BCUT2D eigenvalue weighted by Crippen LogP contribution is 2.36. The van der Waals surface area contributed by atoms with Crippen molar-refractivity contribution in [3.8, 4) is 0 Å². The van der Waals surface area contributed by atoms with Gasteiger partial charge < -0.3 is 9.47 Å². The molecule has 1 aliphatic heterocycles. The van der Waals surface area contributed by atoms with Gasteiger partial charge in [0.2, 0.25) is 0 Å². The predicted octanol–water partition coefficient (Wildman–Crippen LogP) is 3.72. The third-order valence-corrected chi connectivity index (χ3v) is 3.91. The lowest BCUT2D eigenvalue weighted by atomic mass is 10.0. The number of benzene rings is 1. The first-order valence-corrected chi connectivity index (χ1v) is 8.02. The largest absolute Gasteiger partial charge is 0.450 e. The van der Waals surface area contributed by atoms with Gasteiger partial charge in [-0.1, -0.05) is 46.3 Å². The zero-order chi connectivity index (χ0) is 14.5. The number of alkyl halides is 1. The summed E-state index contributed by atoms with van der Waals surface area (Å²) < 4.78 is 11.2. The van der Waals surface area contributed by atoms with E-state index in [1.54, 1.807) is 4.90 Å². The van der Waals surface area contributed by atoms with Gasteiger partial charge in [0.1, 0.15) is 12.3 Å². The smallest absolute Gasteiger partial charge is 0.412 e. The van der Waals surface area contributed by atoms with E-state index in [0.717, 1.165) is 17.3 Å². The molecule has 1 fully saturated rings. The third-order valence-electron chi connectivity index (χ3n) is 3.45. The molecule has 0 unspecified atom stereocenters. The summed E-state index contributed by atoms with van der Waals surface area (Å²) >= 11 is 3.41. The van der Waals surface area contributed by atoms with Gasteiger partial charge in [0, 0.05) is 11.8 Å². The summed E-state index contributed by atoms with van der Waals surface area (Å²) in [5.74, 6) is 0. The summed E-state index contributed by atoms with van der Waals surface area (Å²) in [6.45, 7) is 4.19. The van der Waals surface area contributed by atoms with Crippen LogP contribution >= 0.6 is 15.9 Å². The van der Waals surface area contributed by atoms with Crippen LogP contribution in [0.5, 0.6) is 0 Å². The highest BCUT2D eigenvalue weighted by Gasteiger charge is 2.43. The Balaban J connectivity index is 2.20. The van der Waals surface area contributed by atoms with Gasteiger partial charge in [-0.05, 0) is 19.4 Å². The Morgan fingerprint density at radius 1 is 1.40 bits per heavy atom. The number of hydrogen-bond donors (Lipinski definition) is 0. The van der Waals surface area contributed by atoms with Gasteiger partial charge in [0.05, 0.1) is 12.6 Å². The lowest BCUT2D eigenvalue weighted by Gasteiger charge is -2.25. The van der Waals surface area contributed by atoms with Gasteiger partial charge >= 0.3 is 6.09 Å². The van der Waals surface area contributed by atoms with Crippen molar-refractivity contribution in [3.05, 3.63) is 35.9 Å². The number of ether oxygens (including phenoxy) is 2. The molecular weight excluding hydrogens is 322 g/mol. The molecule has 0 saturated carbocycles. The molecule has 0 N–H and O–H groups in total. The molecule has 1 aliphatic rings. The molecule has 1 amide bonds. The lowest BCUT2D eigenvalue weighted by Crippen LogP contribution is -2.41. The van der Waals surface area contributed by atoms with E-state index >= 15 is 0 Å². The first-order chi connectivity index (χ1) is 9.69. The van der Waals surface area contributed by atoms with Crippen LogP contribution in [0.1, 0.15) is 31.9 Å². The molecule has 1 saturated heterocycles. The SMILES string of the molecule is CCOC(=O)N1[C@H](CCBr)O[C@H](c2ccccc2)[C@@H]1C. The van der Waals surface area contributed by atoms with Crippen LogP contribution in [0.3, 0.4) is 0 Å². The van der Waals surface area contributed by atoms with Crippen LogP contribution in [0.4, 0.5) is 4.79 Å². The molecular formula is C15H20BrNO3. The number of rotatable bonds is 4. The molecule has 0 radical (unpaired) electrons. The highest BCUT2D eigenvalue weighted by molar-refractivity contribution is 9.09. The average molecular weight is 342 g/mol. The van der Waals surface area contributed by atoms with Gasteiger partial charge in [-0.25, -0.2) is 4.79 Å². The maximum Gasteiger partial charge on any atom is 0.412 e. The quantitative estimate of drug-likeness (QED) is 0.783. The number of amides is 1. The topological polar surface area (TPSA) is 38.8 Å². The first kappa shape index (κ1) is 15.3. The van der Waals surface area contributed by atoms with Crippen molar-refractivity contribution in [2.45, 2.75) is 38.6 Å². The molecule has 5 heteroatoms. The minimum Gasteiger partial charge on any atom is -0.450 e. The van der Waals surface area contributed by atoms with E-state index in [0.29, 0.717) is 6.61 Å². The van der Waals surface area contributed by atoms with Crippen LogP contribution in [-0.2, 0) is 9.47 Å². The Kier molecular flexibility index (Phi) is 5.43. The number of nitrogens with zero attached hydrogens (tertiary/aromatic N) is 1. The van der Waals surface area contributed by atoms with Crippen molar-refractivity contribution < 1.29 is 14.3 Å². The fourth-order valence-corrected chi connectivity index (χ4v) is 2.93. The standard InChI is InChI=1S/C15H20BrNO3/c1-3-19-15(18)17-11(2)14(20-13(17)9-10-16)12-7-5-4-6-8-12/h4-8,11,13-14H,3,9-10H2,1-2H3/t11-,13-,14-/m0/s1. The summed E-state index contributed by atoms with van der Waals surface area (Å²) in [4.78, 5) is 13.8. The second-order valence-corrected chi connectivity index (χ2v) is 5.54. The zero-order valence-electron chi connectivity index (χ0n) is 11.8. The van der Waals surface area contributed by atoms with Crippen LogP contribution in [-0.4, -0.2) is 35.2 Å². The van der Waals surface area contributed by atoms with Crippen molar-refractivity contribution in [1.29, 1.82) is 0 Å². The molecule has 20 heavy (non-hydrogen) atoms. The Labute approximate surface area is 128 Å². The van der Waals surface area contributed by atoms with E-state index in [2.05, 4.69) is 15.9 Å². The number of carbonyl (C=O) groups is 1. The molecule has 0 aliphatic carbocycles. The van der Waals surface area contributed by atoms with Crippen molar-refractivity contribution in [1.82, 2.24) is 4.90 Å². The molecule has 4 nitrogen and oxygen atoms in total. The van der Waals surface area contributed by atoms with Crippen LogP contribution in [0, 0.1) is 0 Å².